The van der Waals surface area contributed by atoms with Gasteiger partial charge in [0.15, 0.2) is 0 Å². The van der Waals surface area contributed by atoms with Gasteiger partial charge < -0.3 is 4.57 Å². The fraction of sp³-hybridized carbons (Fsp3) is 0.667. The molecular formula is C21H34N4O2S. The van der Waals surface area contributed by atoms with E-state index in [2.05, 4.69) is 30.2 Å². The first kappa shape index (κ1) is 21.3. The molecule has 0 bridgehead atoms. The lowest BCUT2D eigenvalue weighted by molar-refractivity contribution is 0.265. The molecule has 1 aliphatic rings. The Morgan fingerprint density at radius 1 is 1.11 bits per heavy atom. The Kier molecular flexibility index (Phi) is 7.12. The van der Waals surface area contributed by atoms with Gasteiger partial charge in [-0.15, -0.1) is 0 Å². The summed E-state index contributed by atoms with van der Waals surface area (Å²) in [5.41, 5.74) is 1.79. The molecule has 2 heterocycles. The second-order valence-electron chi connectivity index (χ2n) is 7.61. The molecule has 0 unspecified atom stereocenters. The van der Waals surface area contributed by atoms with Gasteiger partial charge in [-0.05, 0) is 57.5 Å². The lowest BCUT2D eigenvalue weighted by Crippen LogP contribution is -2.35. The Labute approximate surface area is 169 Å². The molecular weight excluding hydrogens is 372 g/mol. The number of nitrogens with zero attached hydrogens (tertiary/aromatic N) is 4. The van der Waals surface area contributed by atoms with Gasteiger partial charge in [0.1, 0.15) is 5.82 Å². The molecule has 0 aliphatic carbocycles. The smallest absolute Gasteiger partial charge is 0.243 e. The molecule has 3 rings (SSSR count). The first-order valence-electron chi connectivity index (χ1n) is 10.7. The maximum Gasteiger partial charge on any atom is 0.243 e. The minimum absolute atomic E-state index is 0.368. The lowest BCUT2D eigenvalue weighted by Gasteiger charge is -2.25. The summed E-state index contributed by atoms with van der Waals surface area (Å²) >= 11 is 0. The highest BCUT2D eigenvalue weighted by molar-refractivity contribution is 7.89. The highest BCUT2D eigenvalue weighted by atomic mass is 32.2. The van der Waals surface area contributed by atoms with Crippen LogP contribution in [-0.2, 0) is 23.1 Å². The SMILES string of the molecule is CCCCN(CC)Cc1nc2cc(S(=O)(=O)N3CCCCC3)ccc2n1CC. The zero-order chi connectivity index (χ0) is 20.1. The molecule has 0 radical (unpaired) electrons. The van der Waals surface area contributed by atoms with Gasteiger partial charge in [0, 0.05) is 19.6 Å². The second kappa shape index (κ2) is 9.37. The molecule has 1 aliphatic heterocycles. The van der Waals surface area contributed by atoms with Crippen molar-refractivity contribution in [2.24, 2.45) is 0 Å². The zero-order valence-electron chi connectivity index (χ0n) is 17.5. The monoisotopic (exact) mass is 406 g/mol. The fourth-order valence-electron chi connectivity index (χ4n) is 3.98. The van der Waals surface area contributed by atoms with Crippen molar-refractivity contribution in [3.05, 3.63) is 24.0 Å². The van der Waals surface area contributed by atoms with Gasteiger partial charge in [0.05, 0.1) is 22.5 Å². The van der Waals surface area contributed by atoms with E-state index in [0.717, 1.165) is 62.3 Å². The van der Waals surface area contributed by atoms with E-state index in [4.69, 9.17) is 4.98 Å². The number of imidazole rings is 1. The number of unbranched alkanes of at least 4 members (excludes halogenated alkanes) is 1. The molecule has 1 aromatic carbocycles. The van der Waals surface area contributed by atoms with Crippen LogP contribution in [0.5, 0.6) is 0 Å². The first-order valence-corrected chi connectivity index (χ1v) is 12.2. The van der Waals surface area contributed by atoms with Crippen LogP contribution < -0.4 is 0 Å². The number of aromatic nitrogens is 2. The molecule has 0 atom stereocenters. The number of hydrogen-bond acceptors (Lipinski definition) is 4. The summed E-state index contributed by atoms with van der Waals surface area (Å²) in [5, 5.41) is 0. The molecule has 2 aromatic rings. The predicted molar refractivity (Wildman–Crippen MR) is 114 cm³/mol. The van der Waals surface area contributed by atoms with Gasteiger partial charge in [-0.2, -0.15) is 4.31 Å². The van der Waals surface area contributed by atoms with Crippen LogP contribution >= 0.6 is 0 Å². The minimum atomic E-state index is -3.43. The molecule has 7 heteroatoms. The van der Waals surface area contributed by atoms with Crippen LogP contribution in [0.25, 0.3) is 11.0 Å². The number of fused-ring (bicyclic) bond motifs is 1. The van der Waals surface area contributed by atoms with Gasteiger partial charge in [-0.3, -0.25) is 4.90 Å². The summed E-state index contributed by atoms with van der Waals surface area (Å²) in [7, 11) is -3.43. The standard InChI is InChI=1S/C21H34N4O2S/c1-4-7-13-23(5-2)17-21-22-19-16-18(11-12-20(19)25(21)6-3)28(26,27)24-14-9-8-10-15-24/h11-12,16H,4-10,13-15,17H2,1-3H3. The van der Waals surface area contributed by atoms with E-state index < -0.39 is 10.0 Å². The van der Waals surface area contributed by atoms with E-state index in [9.17, 15) is 8.42 Å². The van der Waals surface area contributed by atoms with E-state index in [1.165, 1.54) is 12.8 Å². The van der Waals surface area contributed by atoms with Crippen molar-refractivity contribution < 1.29 is 8.42 Å². The van der Waals surface area contributed by atoms with Crippen molar-refractivity contribution in [3.8, 4) is 0 Å². The van der Waals surface area contributed by atoms with Crippen molar-refractivity contribution >= 4 is 21.1 Å². The summed E-state index contributed by atoms with van der Waals surface area (Å²) in [6.07, 6.45) is 5.36. The number of rotatable bonds is 9. The summed E-state index contributed by atoms with van der Waals surface area (Å²) in [6, 6.07) is 5.43. The number of hydrogen-bond donors (Lipinski definition) is 0. The highest BCUT2D eigenvalue weighted by Gasteiger charge is 2.26. The number of benzene rings is 1. The third-order valence-electron chi connectivity index (χ3n) is 5.71. The third-order valence-corrected chi connectivity index (χ3v) is 7.60. The molecule has 1 saturated heterocycles. The van der Waals surface area contributed by atoms with Crippen LogP contribution in [0.2, 0.25) is 0 Å². The Balaban J connectivity index is 1.91. The Bertz CT molecular complexity index is 885. The van der Waals surface area contributed by atoms with Gasteiger partial charge in [-0.25, -0.2) is 13.4 Å². The average Bonchev–Trinajstić information content (AvgIpc) is 3.07. The number of aryl methyl sites for hydroxylation is 1. The molecule has 0 spiro atoms. The average molecular weight is 407 g/mol. The van der Waals surface area contributed by atoms with Crippen LogP contribution in [0.1, 0.15) is 58.7 Å². The predicted octanol–water partition coefficient (Wildman–Crippen LogP) is 3.85. The van der Waals surface area contributed by atoms with Gasteiger partial charge >= 0.3 is 0 Å². The third kappa shape index (κ3) is 4.42. The summed E-state index contributed by atoms with van der Waals surface area (Å²) in [4.78, 5) is 7.61. The van der Waals surface area contributed by atoms with Gasteiger partial charge in [0.25, 0.3) is 0 Å². The normalized spacial score (nSPS) is 16.3. The molecule has 0 N–H and O–H groups in total. The van der Waals surface area contributed by atoms with E-state index in [-0.39, 0.29) is 0 Å². The second-order valence-corrected chi connectivity index (χ2v) is 9.55. The van der Waals surface area contributed by atoms with Crippen molar-refractivity contribution in [2.45, 2.75) is 70.9 Å². The van der Waals surface area contributed by atoms with Crippen LogP contribution in [-0.4, -0.2) is 53.4 Å². The maximum atomic E-state index is 13.0. The van der Waals surface area contributed by atoms with Gasteiger partial charge in [-0.1, -0.05) is 26.7 Å². The topological polar surface area (TPSA) is 58.4 Å². The van der Waals surface area contributed by atoms with Crippen molar-refractivity contribution in [1.29, 1.82) is 0 Å². The number of piperidine rings is 1. The Hall–Kier alpha value is -1.44. The maximum absolute atomic E-state index is 13.0. The van der Waals surface area contributed by atoms with E-state index in [1.54, 1.807) is 16.4 Å². The quantitative estimate of drug-likeness (QED) is 0.635. The Morgan fingerprint density at radius 2 is 1.86 bits per heavy atom. The molecule has 0 amide bonds. The van der Waals surface area contributed by atoms with Gasteiger partial charge in [0.2, 0.25) is 10.0 Å². The van der Waals surface area contributed by atoms with Crippen molar-refractivity contribution in [1.82, 2.24) is 18.8 Å². The Morgan fingerprint density at radius 3 is 2.50 bits per heavy atom. The highest BCUT2D eigenvalue weighted by Crippen LogP contribution is 2.25. The largest absolute Gasteiger partial charge is 0.327 e. The summed E-state index contributed by atoms with van der Waals surface area (Å²) in [5.74, 6) is 1.02. The van der Waals surface area contributed by atoms with Crippen LogP contribution in [0.3, 0.4) is 0 Å². The fourth-order valence-corrected chi connectivity index (χ4v) is 5.52. The van der Waals surface area contributed by atoms with Crippen molar-refractivity contribution in [3.63, 3.8) is 0 Å². The van der Waals surface area contributed by atoms with Crippen molar-refractivity contribution in [2.75, 3.05) is 26.2 Å². The molecule has 0 saturated carbocycles. The van der Waals surface area contributed by atoms with E-state index in [1.807, 2.05) is 6.07 Å². The molecule has 6 nitrogen and oxygen atoms in total. The summed E-state index contributed by atoms with van der Waals surface area (Å²) in [6.45, 7) is 11.4. The lowest BCUT2D eigenvalue weighted by atomic mass is 10.2. The minimum Gasteiger partial charge on any atom is -0.327 e. The molecule has 1 fully saturated rings. The molecule has 1 aromatic heterocycles. The zero-order valence-corrected chi connectivity index (χ0v) is 18.3. The van der Waals surface area contributed by atoms with Crippen LogP contribution in [0.15, 0.2) is 23.1 Å². The molecule has 156 valence electrons. The summed E-state index contributed by atoms with van der Waals surface area (Å²) < 4.78 is 29.9. The number of sulfonamides is 1. The molecule has 28 heavy (non-hydrogen) atoms. The van der Waals surface area contributed by atoms with Crippen LogP contribution in [0, 0.1) is 0 Å². The van der Waals surface area contributed by atoms with Crippen LogP contribution in [0.4, 0.5) is 0 Å². The van der Waals surface area contributed by atoms with E-state index >= 15 is 0 Å². The first-order chi connectivity index (χ1) is 13.5. The van der Waals surface area contributed by atoms with E-state index in [0.29, 0.717) is 18.0 Å².